The largest absolute Gasteiger partial charge is 0.427 e. The van der Waals surface area contributed by atoms with Gasteiger partial charge in [-0.3, -0.25) is 24.0 Å². The van der Waals surface area contributed by atoms with Gasteiger partial charge in [-0.25, -0.2) is 8.98 Å². The van der Waals surface area contributed by atoms with Crippen molar-refractivity contribution in [3.8, 4) is 0 Å². The highest BCUT2D eigenvalue weighted by Crippen LogP contribution is 2.31. The van der Waals surface area contributed by atoms with Gasteiger partial charge in [0, 0.05) is 6.54 Å². The molecule has 17 nitrogen and oxygen atoms in total. The molecule has 2 saturated heterocycles. The Balaban J connectivity index is 2.14. The third kappa shape index (κ3) is 8.51. The number of hydroxylamine groups is 2. The maximum absolute atomic E-state index is 12.9. The van der Waals surface area contributed by atoms with E-state index in [0.29, 0.717) is 5.06 Å². The van der Waals surface area contributed by atoms with Crippen LogP contribution in [0.3, 0.4) is 0 Å². The van der Waals surface area contributed by atoms with Gasteiger partial charge in [-0.15, -0.1) is 4.28 Å². The number of esters is 4. The van der Waals surface area contributed by atoms with Gasteiger partial charge in [0.05, 0.1) is 23.5 Å². The van der Waals surface area contributed by atoms with E-state index in [1.54, 1.807) is 41.5 Å². The van der Waals surface area contributed by atoms with Crippen molar-refractivity contribution < 1.29 is 64.6 Å². The molecule has 42 heavy (non-hydrogen) atoms. The summed E-state index contributed by atoms with van der Waals surface area (Å²) in [6, 6.07) is -2.64. The molecule has 0 aromatic heterocycles. The molecule has 0 aromatic carbocycles. The normalized spacial score (nSPS) is 19.3. The fourth-order valence-corrected chi connectivity index (χ4v) is 4.37. The fourth-order valence-electron chi connectivity index (χ4n) is 3.56. The predicted molar refractivity (Wildman–Crippen MR) is 137 cm³/mol. The first kappa shape index (κ1) is 34.7. The van der Waals surface area contributed by atoms with E-state index < -0.39 is 94.7 Å². The van der Waals surface area contributed by atoms with Gasteiger partial charge < -0.3 is 29.6 Å². The summed E-state index contributed by atoms with van der Waals surface area (Å²) in [5.41, 5.74) is 0.892. The third-order valence-electron chi connectivity index (χ3n) is 6.20. The third-order valence-corrected chi connectivity index (χ3v) is 6.95. The summed E-state index contributed by atoms with van der Waals surface area (Å²) in [6.45, 7) is 7.01. The van der Waals surface area contributed by atoms with E-state index in [2.05, 4.69) is 0 Å². The number of piperidine rings is 1. The first-order chi connectivity index (χ1) is 19.1. The minimum Gasteiger partial charge on any atom is -0.427 e. The van der Waals surface area contributed by atoms with Crippen LogP contribution in [0.4, 0.5) is 4.79 Å². The molecule has 238 valence electrons. The average molecular weight is 624 g/mol. The van der Waals surface area contributed by atoms with Crippen molar-refractivity contribution in [2.45, 2.75) is 73.4 Å². The van der Waals surface area contributed by atoms with Crippen LogP contribution in [0.1, 0.15) is 61.3 Å². The molecular weight excluding hydrogens is 586 g/mol. The monoisotopic (exact) mass is 623 g/mol. The lowest BCUT2D eigenvalue weighted by Crippen LogP contribution is -2.48. The molecule has 2 aliphatic rings. The number of carbonyl (C=O) groups is 6. The minimum atomic E-state index is -5.11. The molecule has 0 aromatic rings. The second kappa shape index (κ2) is 12.8. The number of nitrogens with zero attached hydrogens (tertiary/aromatic N) is 2. The van der Waals surface area contributed by atoms with E-state index in [1.807, 2.05) is 0 Å². The molecule has 0 saturated carbocycles. The van der Waals surface area contributed by atoms with Crippen molar-refractivity contribution in [1.82, 2.24) is 9.96 Å². The van der Waals surface area contributed by atoms with E-state index in [0.717, 1.165) is 11.8 Å². The lowest BCUT2D eigenvalue weighted by atomic mass is 9.92. The van der Waals surface area contributed by atoms with Crippen LogP contribution in [-0.4, -0.2) is 93.0 Å². The second-order valence-corrected chi connectivity index (χ2v) is 13.2. The molecular formula is C24H37N3O14S. The Kier molecular flexibility index (Phi) is 10.6. The number of primary amides is 1. The molecule has 2 fully saturated rings. The Morgan fingerprint density at radius 2 is 1.26 bits per heavy atom. The number of rotatable bonds is 12. The molecule has 0 aliphatic carbocycles. The molecule has 0 radical (unpaired) electrons. The van der Waals surface area contributed by atoms with Crippen molar-refractivity contribution >= 4 is 46.2 Å². The van der Waals surface area contributed by atoms with Crippen LogP contribution >= 0.6 is 0 Å². The summed E-state index contributed by atoms with van der Waals surface area (Å²) in [6.07, 6.45) is 0.379. The SMILES string of the molecule is CC(C)(C)C(=O)OCOC(=O)C(C)(COS(=O)(=O)ON1C(=O)N2C[C@H]1CC[C@H]2C(N)=O)C(=O)OCOC(=O)C(C)(C)C. The summed E-state index contributed by atoms with van der Waals surface area (Å²) in [4.78, 5) is 75.1. The molecule has 0 unspecified atom stereocenters. The predicted octanol–water partition coefficient (Wildman–Crippen LogP) is 0.120. The van der Waals surface area contributed by atoms with Crippen molar-refractivity contribution in [2.75, 3.05) is 26.7 Å². The number of carbonyl (C=O) groups excluding carboxylic acids is 6. The van der Waals surface area contributed by atoms with E-state index in [-0.39, 0.29) is 19.4 Å². The van der Waals surface area contributed by atoms with E-state index in [9.17, 15) is 37.2 Å². The summed E-state index contributed by atoms with van der Waals surface area (Å²) in [7, 11) is -5.11. The number of fused-ring (bicyclic) bond motifs is 2. The highest BCUT2D eigenvalue weighted by atomic mass is 32.3. The summed E-state index contributed by atoms with van der Waals surface area (Å²) in [5.74, 6) is -5.09. The molecule has 2 rings (SSSR count). The van der Waals surface area contributed by atoms with Gasteiger partial charge in [0.25, 0.3) is 0 Å². The van der Waals surface area contributed by atoms with Crippen LogP contribution in [-0.2, 0) is 61.8 Å². The highest BCUT2D eigenvalue weighted by Gasteiger charge is 2.51. The van der Waals surface area contributed by atoms with Gasteiger partial charge in [-0.05, 0) is 61.3 Å². The number of amides is 3. The van der Waals surface area contributed by atoms with E-state index >= 15 is 0 Å². The standard InChI is InChI=1S/C24H37N3O14S/c1-22(2,3)17(29)36-12-38-19(31)24(7,20(32)39-13-37-18(30)23(4,5)6)11-40-42(34,35)41-27-14-8-9-15(16(25)28)26(10-14)21(27)33/h14-15H,8-13H2,1-7H3,(H2,25,28)/t14-,15+/m1/s1. The van der Waals surface area contributed by atoms with Crippen LogP contribution in [0.2, 0.25) is 0 Å². The first-order valence-electron chi connectivity index (χ1n) is 12.8. The zero-order chi connectivity index (χ0) is 32.3. The first-order valence-corrected chi connectivity index (χ1v) is 14.1. The second-order valence-electron chi connectivity index (χ2n) is 12.0. The molecule has 2 aliphatic heterocycles. The Hall–Kier alpha value is -3.51. The van der Waals surface area contributed by atoms with E-state index in [1.165, 1.54) is 0 Å². The topological polar surface area (TPSA) is 224 Å². The lowest BCUT2D eigenvalue weighted by molar-refractivity contribution is -0.191. The summed E-state index contributed by atoms with van der Waals surface area (Å²) in [5, 5.41) is 0.504. The maximum atomic E-state index is 12.9. The van der Waals surface area contributed by atoms with Crippen LogP contribution in [0.15, 0.2) is 0 Å². The van der Waals surface area contributed by atoms with E-state index in [4.69, 9.17) is 33.1 Å². The van der Waals surface area contributed by atoms with Crippen LogP contribution in [0.5, 0.6) is 0 Å². The Morgan fingerprint density at radius 3 is 1.69 bits per heavy atom. The number of hydrogen-bond acceptors (Lipinski definition) is 14. The van der Waals surface area contributed by atoms with Gasteiger partial charge in [-0.1, -0.05) is 0 Å². The minimum absolute atomic E-state index is 0.0289. The lowest BCUT2D eigenvalue weighted by Gasteiger charge is -2.27. The van der Waals surface area contributed by atoms with Crippen LogP contribution in [0, 0.1) is 16.2 Å². The molecule has 2 atom stereocenters. The number of ether oxygens (including phenoxy) is 4. The molecule has 2 N–H and O–H groups in total. The van der Waals surface area contributed by atoms with Gasteiger partial charge in [0.2, 0.25) is 19.5 Å². The Labute approximate surface area is 243 Å². The van der Waals surface area contributed by atoms with Gasteiger partial charge in [-0.2, -0.15) is 13.5 Å². The van der Waals surface area contributed by atoms with Crippen molar-refractivity contribution in [3.05, 3.63) is 0 Å². The zero-order valence-corrected chi connectivity index (χ0v) is 25.3. The Bertz CT molecular complexity index is 1160. The number of nitrogens with two attached hydrogens (primary N) is 1. The number of urea groups is 1. The molecule has 18 heteroatoms. The molecule has 3 amide bonds. The fraction of sp³-hybridized carbons (Fsp3) is 0.750. The summed E-state index contributed by atoms with van der Waals surface area (Å²) >= 11 is 0. The van der Waals surface area contributed by atoms with Gasteiger partial charge in [0.1, 0.15) is 6.04 Å². The van der Waals surface area contributed by atoms with Gasteiger partial charge in [0.15, 0.2) is 5.41 Å². The molecule has 2 heterocycles. The Morgan fingerprint density at radius 1 is 0.810 bits per heavy atom. The molecule has 2 bridgehead atoms. The summed E-state index contributed by atoms with van der Waals surface area (Å²) < 4.78 is 54.3. The van der Waals surface area contributed by atoms with Crippen molar-refractivity contribution in [2.24, 2.45) is 22.0 Å². The van der Waals surface area contributed by atoms with Crippen molar-refractivity contribution in [1.29, 1.82) is 0 Å². The molecule has 0 spiro atoms. The smallest absolute Gasteiger partial charge is 0.421 e. The quantitative estimate of drug-likeness (QED) is 0.173. The maximum Gasteiger partial charge on any atom is 0.421 e. The average Bonchev–Trinajstić information content (AvgIpc) is 3.09. The van der Waals surface area contributed by atoms with Crippen molar-refractivity contribution in [3.63, 3.8) is 0 Å². The van der Waals surface area contributed by atoms with Crippen LogP contribution in [0.25, 0.3) is 0 Å². The zero-order valence-electron chi connectivity index (χ0n) is 24.5. The van der Waals surface area contributed by atoms with Gasteiger partial charge >= 0.3 is 40.3 Å². The van der Waals surface area contributed by atoms with Crippen LogP contribution < -0.4 is 5.73 Å². The highest BCUT2D eigenvalue weighted by molar-refractivity contribution is 7.81. The number of hydrogen-bond donors (Lipinski definition) is 1.